The topological polar surface area (TPSA) is 12.0 Å². The summed E-state index contributed by atoms with van der Waals surface area (Å²) in [6.45, 7) is 4.58. The average molecular weight is 407 g/mol. The maximum atomic E-state index is 3.87. The Morgan fingerprint density at radius 1 is 0.542 bits per heavy atom. The lowest BCUT2D eigenvalue weighted by Crippen LogP contribution is -1.97. The van der Waals surface area contributed by atoms with Gasteiger partial charge < -0.3 is 5.32 Å². The second-order valence-electron chi connectivity index (χ2n) is 7.27. The maximum absolute atomic E-state index is 3.87. The van der Waals surface area contributed by atoms with Crippen molar-refractivity contribution in [2.75, 3.05) is 14.1 Å². The third-order valence-electron chi connectivity index (χ3n) is 4.49. The zero-order valence-corrected chi connectivity index (χ0v) is 19.1. The van der Waals surface area contributed by atoms with Crippen molar-refractivity contribution < 1.29 is 0 Å². The molecule has 0 spiro atoms. The highest BCUT2D eigenvalue weighted by molar-refractivity contribution is 9.09. The molecular formula is C22H48BrN. The molecule has 0 saturated carbocycles. The highest BCUT2D eigenvalue weighted by atomic mass is 79.9. The fraction of sp³-hybridized carbons (Fsp3) is 1.00. The molecule has 0 bridgehead atoms. The van der Waals surface area contributed by atoms with Crippen molar-refractivity contribution in [1.82, 2.24) is 5.32 Å². The molecule has 0 amide bonds. The summed E-state index contributed by atoms with van der Waals surface area (Å²) in [4.78, 5) is 0.785. The molecule has 0 aromatic carbocycles. The minimum absolute atomic E-state index is 0.785. The standard InChI is InChI=1S/C20H41Br.C2H7N/c1-3-5-7-9-11-12-13-15-17-19-20(21)18-16-14-10-8-6-4-2;1-3-2/h20H,3-19H2,1-2H3;3H,1-2H3. The smallest absolute Gasteiger partial charge is 0.0145 e. The van der Waals surface area contributed by atoms with Crippen molar-refractivity contribution in [2.24, 2.45) is 0 Å². The molecule has 0 heterocycles. The van der Waals surface area contributed by atoms with E-state index in [4.69, 9.17) is 0 Å². The van der Waals surface area contributed by atoms with Gasteiger partial charge in [-0.05, 0) is 26.9 Å². The molecule has 2 heteroatoms. The molecular weight excluding hydrogens is 358 g/mol. The Morgan fingerprint density at radius 2 is 0.792 bits per heavy atom. The number of halogens is 1. The number of rotatable bonds is 17. The van der Waals surface area contributed by atoms with Crippen LogP contribution in [0, 0.1) is 0 Å². The first-order chi connectivity index (χ1) is 11.7. The van der Waals surface area contributed by atoms with Crippen LogP contribution in [0.25, 0.3) is 0 Å². The van der Waals surface area contributed by atoms with Crippen LogP contribution in [0.2, 0.25) is 0 Å². The highest BCUT2D eigenvalue weighted by Crippen LogP contribution is 2.19. The number of alkyl halides is 1. The zero-order valence-electron chi connectivity index (χ0n) is 17.5. The fourth-order valence-electron chi connectivity index (χ4n) is 2.97. The van der Waals surface area contributed by atoms with Gasteiger partial charge in [-0.25, -0.2) is 0 Å². The van der Waals surface area contributed by atoms with E-state index in [1.807, 2.05) is 14.1 Å². The van der Waals surface area contributed by atoms with Crippen molar-refractivity contribution in [3.8, 4) is 0 Å². The highest BCUT2D eigenvalue weighted by Gasteiger charge is 2.03. The van der Waals surface area contributed by atoms with E-state index >= 15 is 0 Å². The predicted octanol–water partition coefficient (Wildman–Crippen LogP) is 8.26. The Morgan fingerprint density at radius 3 is 1.08 bits per heavy atom. The van der Waals surface area contributed by atoms with E-state index in [0.717, 1.165) is 4.83 Å². The molecule has 148 valence electrons. The minimum Gasteiger partial charge on any atom is -0.323 e. The van der Waals surface area contributed by atoms with Crippen molar-refractivity contribution >= 4 is 15.9 Å². The molecule has 0 aromatic heterocycles. The van der Waals surface area contributed by atoms with Crippen LogP contribution in [0.1, 0.15) is 123 Å². The molecule has 0 aliphatic heterocycles. The van der Waals surface area contributed by atoms with E-state index in [-0.39, 0.29) is 0 Å². The first-order valence-electron chi connectivity index (χ1n) is 10.9. The molecule has 1 N–H and O–H groups in total. The molecule has 1 nitrogen and oxygen atoms in total. The predicted molar refractivity (Wildman–Crippen MR) is 118 cm³/mol. The molecule has 24 heavy (non-hydrogen) atoms. The molecule has 0 radical (unpaired) electrons. The van der Waals surface area contributed by atoms with Crippen LogP contribution < -0.4 is 5.32 Å². The van der Waals surface area contributed by atoms with Crippen molar-refractivity contribution in [2.45, 2.75) is 128 Å². The van der Waals surface area contributed by atoms with Crippen LogP contribution >= 0.6 is 15.9 Å². The van der Waals surface area contributed by atoms with E-state index < -0.39 is 0 Å². The van der Waals surface area contributed by atoms with Crippen LogP contribution in [0.15, 0.2) is 0 Å². The Balaban J connectivity index is 0. The zero-order chi connectivity index (χ0) is 18.3. The monoisotopic (exact) mass is 405 g/mol. The lowest BCUT2D eigenvalue weighted by atomic mass is 10.0. The van der Waals surface area contributed by atoms with Crippen molar-refractivity contribution in [3.63, 3.8) is 0 Å². The summed E-state index contributed by atoms with van der Waals surface area (Å²) in [5.41, 5.74) is 0. The number of nitrogens with one attached hydrogen (secondary N) is 1. The summed E-state index contributed by atoms with van der Waals surface area (Å²) in [6.07, 6.45) is 24.3. The number of hydrogen-bond donors (Lipinski definition) is 1. The van der Waals surface area contributed by atoms with E-state index in [0.29, 0.717) is 0 Å². The second kappa shape index (κ2) is 25.7. The van der Waals surface area contributed by atoms with Gasteiger partial charge in [0.25, 0.3) is 0 Å². The number of hydrogen-bond acceptors (Lipinski definition) is 1. The van der Waals surface area contributed by atoms with Crippen LogP contribution in [-0.4, -0.2) is 18.9 Å². The lowest BCUT2D eigenvalue weighted by Gasteiger charge is -2.09. The summed E-state index contributed by atoms with van der Waals surface area (Å²) in [7, 11) is 3.75. The van der Waals surface area contributed by atoms with Crippen LogP contribution in [0.4, 0.5) is 0 Å². The van der Waals surface area contributed by atoms with Gasteiger partial charge in [-0.2, -0.15) is 0 Å². The molecule has 0 saturated heterocycles. The van der Waals surface area contributed by atoms with Crippen LogP contribution in [0.3, 0.4) is 0 Å². The van der Waals surface area contributed by atoms with Crippen molar-refractivity contribution in [1.29, 1.82) is 0 Å². The summed E-state index contributed by atoms with van der Waals surface area (Å²) in [5, 5.41) is 2.75. The van der Waals surface area contributed by atoms with Crippen molar-refractivity contribution in [3.05, 3.63) is 0 Å². The van der Waals surface area contributed by atoms with Crippen LogP contribution in [0.5, 0.6) is 0 Å². The van der Waals surface area contributed by atoms with Gasteiger partial charge in [-0.3, -0.25) is 0 Å². The third kappa shape index (κ3) is 27.3. The fourth-order valence-corrected chi connectivity index (χ4v) is 3.61. The summed E-state index contributed by atoms with van der Waals surface area (Å²) in [6, 6.07) is 0. The Hall–Kier alpha value is 0.440. The molecule has 0 rings (SSSR count). The first-order valence-corrected chi connectivity index (χ1v) is 11.9. The molecule has 1 atom stereocenters. The number of unbranched alkanes of at least 4 members (excludes halogenated alkanes) is 13. The average Bonchev–Trinajstić information content (AvgIpc) is 2.57. The second-order valence-corrected chi connectivity index (χ2v) is 8.57. The first kappa shape index (κ1) is 26.7. The van der Waals surface area contributed by atoms with E-state index in [1.165, 1.54) is 109 Å². The van der Waals surface area contributed by atoms with Gasteiger partial charge in [-0.1, -0.05) is 126 Å². The van der Waals surface area contributed by atoms with Gasteiger partial charge >= 0.3 is 0 Å². The molecule has 0 aliphatic rings. The van der Waals surface area contributed by atoms with Crippen LogP contribution in [-0.2, 0) is 0 Å². The van der Waals surface area contributed by atoms with E-state index in [1.54, 1.807) is 0 Å². The van der Waals surface area contributed by atoms with Gasteiger partial charge in [0.2, 0.25) is 0 Å². The molecule has 0 aliphatic carbocycles. The lowest BCUT2D eigenvalue weighted by molar-refractivity contribution is 0.535. The minimum atomic E-state index is 0.785. The Labute approximate surface area is 163 Å². The van der Waals surface area contributed by atoms with Gasteiger partial charge in [0.1, 0.15) is 0 Å². The quantitative estimate of drug-likeness (QED) is 0.189. The molecule has 1 unspecified atom stereocenters. The van der Waals surface area contributed by atoms with E-state index in [2.05, 4.69) is 35.1 Å². The summed E-state index contributed by atoms with van der Waals surface area (Å²) >= 11 is 3.87. The largest absolute Gasteiger partial charge is 0.323 e. The summed E-state index contributed by atoms with van der Waals surface area (Å²) in [5.74, 6) is 0. The van der Waals surface area contributed by atoms with Gasteiger partial charge in [0.15, 0.2) is 0 Å². The van der Waals surface area contributed by atoms with Gasteiger partial charge in [0.05, 0.1) is 0 Å². The molecule has 0 aromatic rings. The van der Waals surface area contributed by atoms with E-state index in [9.17, 15) is 0 Å². The van der Waals surface area contributed by atoms with Gasteiger partial charge in [-0.15, -0.1) is 0 Å². The summed E-state index contributed by atoms with van der Waals surface area (Å²) < 4.78 is 0. The normalized spacial score (nSPS) is 11.9. The SMILES string of the molecule is CCCCCCCCCCCC(Br)CCCCCCCC.CNC. The van der Waals surface area contributed by atoms with Gasteiger partial charge in [0, 0.05) is 4.83 Å². The third-order valence-corrected chi connectivity index (χ3v) is 5.41. The Bertz CT molecular complexity index is 196. The molecule has 0 fully saturated rings. The maximum Gasteiger partial charge on any atom is 0.0145 e. The Kier molecular flexibility index (Phi) is 28.5.